The van der Waals surface area contributed by atoms with Crippen molar-refractivity contribution in [1.29, 1.82) is 0 Å². The Morgan fingerprint density at radius 3 is 2.65 bits per heavy atom. The number of methoxy groups -OCH3 is 1. The fourth-order valence-electron chi connectivity index (χ4n) is 1.64. The van der Waals surface area contributed by atoms with Crippen LogP contribution in [-0.2, 0) is 11.3 Å². The Morgan fingerprint density at radius 2 is 1.90 bits per heavy atom. The van der Waals surface area contributed by atoms with E-state index in [1.165, 1.54) is 17.5 Å². The smallest absolute Gasteiger partial charge is 0.218 e. The van der Waals surface area contributed by atoms with Crippen molar-refractivity contribution in [1.82, 2.24) is 9.97 Å². The number of aryl methyl sites for hydroxylation is 1. The van der Waals surface area contributed by atoms with Crippen molar-refractivity contribution in [2.75, 3.05) is 25.6 Å². The van der Waals surface area contributed by atoms with Gasteiger partial charge in [0.1, 0.15) is 18.8 Å². The molecule has 2 rings (SSSR count). The van der Waals surface area contributed by atoms with E-state index in [9.17, 15) is 0 Å². The van der Waals surface area contributed by atoms with Gasteiger partial charge in [0.05, 0.1) is 6.61 Å². The maximum absolute atomic E-state index is 5.44. The number of ether oxygens (including phenoxy) is 2. The zero-order valence-corrected chi connectivity index (χ0v) is 11.8. The minimum atomic E-state index is 0.477. The molecule has 0 saturated heterocycles. The third-order valence-electron chi connectivity index (χ3n) is 2.77. The van der Waals surface area contributed by atoms with Crippen LogP contribution in [0.15, 0.2) is 36.7 Å². The highest BCUT2D eigenvalue weighted by molar-refractivity contribution is 5.38. The second-order valence-corrected chi connectivity index (χ2v) is 4.42. The quantitative estimate of drug-likeness (QED) is 0.785. The first-order valence-electron chi connectivity index (χ1n) is 6.51. The summed E-state index contributed by atoms with van der Waals surface area (Å²) >= 11 is 0. The zero-order chi connectivity index (χ0) is 14.2. The van der Waals surface area contributed by atoms with E-state index in [0.717, 1.165) is 12.4 Å². The van der Waals surface area contributed by atoms with E-state index in [1.807, 2.05) is 0 Å². The zero-order valence-electron chi connectivity index (χ0n) is 11.8. The molecule has 0 unspecified atom stereocenters. The van der Waals surface area contributed by atoms with Gasteiger partial charge in [-0.05, 0) is 12.5 Å². The first-order valence-corrected chi connectivity index (χ1v) is 6.51. The lowest BCUT2D eigenvalue weighted by molar-refractivity contribution is 0.143. The van der Waals surface area contributed by atoms with Crippen molar-refractivity contribution in [3.8, 4) is 5.88 Å². The molecule has 1 N–H and O–H groups in total. The molecule has 5 nitrogen and oxygen atoms in total. The van der Waals surface area contributed by atoms with E-state index in [4.69, 9.17) is 9.47 Å². The molecule has 0 atom stereocenters. The molecule has 1 aromatic carbocycles. The Hall–Kier alpha value is -2.14. The Labute approximate surface area is 119 Å². The van der Waals surface area contributed by atoms with Gasteiger partial charge in [-0.25, -0.2) is 9.97 Å². The van der Waals surface area contributed by atoms with Crippen LogP contribution in [0.2, 0.25) is 0 Å². The number of aromatic nitrogens is 2. The lowest BCUT2D eigenvalue weighted by Crippen LogP contribution is -2.07. The number of anilines is 1. The molecule has 0 radical (unpaired) electrons. The second-order valence-electron chi connectivity index (χ2n) is 4.42. The highest BCUT2D eigenvalue weighted by Gasteiger charge is 2.00. The number of nitrogens with zero attached hydrogens (tertiary/aromatic N) is 2. The summed E-state index contributed by atoms with van der Waals surface area (Å²) in [6, 6.07) is 10.2. The molecule has 0 saturated carbocycles. The third-order valence-corrected chi connectivity index (χ3v) is 2.77. The van der Waals surface area contributed by atoms with Crippen LogP contribution in [0.25, 0.3) is 0 Å². The molecule has 1 heterocycles. The third kappa shape index (κ3) is 4.51. The standard InChI is InChI=1S/C15H19N3O2/c1-12-3-5-13(6-4-12)10-16-14-9-15(18-11-17-14)20-8-7-19-2/h3-6,9,11H,7-8,10H2,1-2H3,(H,16,17,18). The van der Waals surface area contributed by atoms with Crippen molar-refractivity contribution in [3.05, 3.63) is 47.8 Å². The van der Waals surface area contributed by atoms with Crippen LogP contribution < -0.4 is 10.1 Å². The topological polar surface area (TPSA) is 56.3 Å². The molecule has 0 spiro atoms. The first-order chi connectivity index (χ1) is 9.78. The summed E-state index contributed by atoms with van der Waals surface area (Å²) in [7, 11) is 1.64. The molecule has 0 aliphatic rings. The van der Waals surface area contributed by atoms with Crippen molar-refractivity contribution < 1.29 is 9.47 Å². The van der Waals surface area contributed by atoms with Crippen LogP contribution in [0, 0.1) is 6.92 Å². The van der Waals surface area contributed by atoms with Gasteiger partial charge in [-0.2, -0.15) is 0 Å². The monoisotopic (exact) mass is 273 g/mol. The normalized spacial score (nSPS) is 10.3. The molecule has 5 heteroatoms. The van der Waals surface area contributed by atoms with E-state index >= 15 is 0 Å². The maximum Gasteiger partial charge on any atom is 0.218 e. The average molecular weight is 273 g/mol. The van der Waals surface area contributed by atoms with Gasteiger partial charge in [-0.15, -0.1) is 0 Å². The van der Waals surface area contributed by atoms with Crippen LogP contribution in [0.1, 0.15) is 11.1 Å². The molecular formula is C15H19N3O2. The summed E-state index contributed by atoms with van der Waals surface area (Å²) in [4.78, 5) is 8.22. The summed E-state index contributed by atoms with van der Waals surface area (Å²) in [5.74, 6) is 1.29. The van der Waals surface area contributed by atoms with Crippen molar-refractivity contribution in [2.45, 2.75) is 13.5 Å². The predicted octanol–water partition coefficient (Wildman–Crippen LogP) is 2.42. The Balaban J connectivity index is 1.89. The molecule has 20 heavy (non-hydrogen) atoms. The number of hydrogen-bond donors (Lipinski definition) is 1. The minimum absolute atomic E-state index is 0.477. The highest BCUT2D eigenvalue weighted by atomic mass is 16.5. The van der Waals surface area contributed by atoms with Gasteiger partial charge in [0.15, 0.2) is 0 Å². The maximum atomic E-state index is 5.44. The summed E-state index contributed by atoms with van der Waals surface area (Å²) in [6.45, 7) is 3.81. The van der Waals surface area contributed by atoms with Gasteiger partial charge in [-0.1, -0.05) is 29.8 Å². The molecule has 0 aliphatic heterocycles. The van der Waals surface area contributed by atoms with E-state index < -0.39 is 0 Å². The van der Waals surface area contributed by atoms with Crippen molar-refractivity contribution >= 4 is 5.82 Å². The van der Waals surface area contributed by atoms with E-state index in [1.54, 1.807) is 13.2 Å². The Bertz CT molecular complexity index is 529. The number of rotatable bonds is 7. The summed E-state index contributed by atoms with van der Waals surface area (Å²) in [5, 5.41) is 3.25. The van der Waals surface area contributed by atoms with Crippen molar-refractivity contribution in [2.24, 2.45) is 0 Å². The summed E-state index contributed by atoms with van der Waals surface area (Å²) in [6.07, 6.45) is 1.49. The molecule has 0 aliphatic carbocycles. The molecule has 0 fully saturated rings. The van der Waals surface area contributed by atoms with Gasteiger partial charge in [0.25, 0.3) is 0 Å². The predicted molar refractivity (Wildman–Crippen MR) is 77.9 cm³/mol. The fraction of sp³-hybridized carbons (Fsp3) is 0.333. The van der Waals surface area contributed by atoms with Gasteiger partial charge < -0.3 is 14.8 Å². The van der Waals surface area contributed by atoms with Crippen LogP contribution in [0.3, 0.4) is 0 Å². The number of nitrogens with one attached hydrogen (secondary N) is 1. The van der Waals surface area contributed by atoms with Gasteiger partial charge in [0, 0.05) is 19.7 Å². The van der Waals surface area contributed by atoms with Gasteiger partial charge in [0.2, 0.25) is 5.88 Å². The summed E-state index contributed by atoms with van der Waals surface area (Å²) < 4.78 is 10.4. The van der Waals surface area contributed by atoms with E-state index in [2.05, 4.69) is 46.5 Å². The summed E-state index contributed by atoms with van der Waals surface area (Å²) in [5.41, 5.74) is 2.46. The Kier molecular flexibility index (Phi) is 5.32. The lowest BCUT2D eigenvalue weighted by atomic mass is 10.1. The van der Waals surface area contributed by atoms with E-state index in [0.29, 0.717) is 19.1 Å². The van der Waals surface area contributed by atoms with Gasteiger partial charge in [-0.3, -0.25) is 0 Å². The molecule has 0 bridgehead atoms. The number of benzene rings is 1. The number of hydrogen-bond acceptors (Lipinski definition) is 5. The van der Waals surface area contributed by atoms with Crippen LogP contribution >= 0.6 is 0 Å². The average Bonchev–Trinajstić information content (AvgIpc) is 2.47. The molecular weight excluding hydrogens is 254 g/mol. The molecule has 2 aromatic rings. The lowest BCUT2D eigenvalue weighted by Gasteiger charge is -2.08. The van der Waals surface area contributed by atoms with Gasteiger partial charge >= 0.3 is 0 Å². The Morgan fingerprint density at radius 1 is 1.10 bits per heavy atom. The molecule has 0 amide bonds. The fourth-order valence-corrected chi connectivity index (χ4v) is 1.64. The minimum Gasteiger partial charge on any atom is -0.475 e. The first kappa shape index (κ1) is 14.3. The highest BCUT2D eigenvalue weighted by Crippen LogP contribution is 2.12. The second kappa shape index (κ2) is 7.45. The van der Waals surface area contributed by atoms with Crippen LogP contribution in [0.4, 0.5) is 5.82 Å². The van der Waals surface area contributed by atoms with Crippen molar-refractivity contribution in [3.63, 3.8) is 0 Å². The molecule has 1 aromatic heterocycles. The van der Waals surface area contributed by atoms with Crippen LogP contribution in [0.5, 0.6) is 5.88 Å². The van der Waals surface area contributed by atoms with E-state index in [-0.39, 0.29) is 0 Å². The largest absolute Gasteiger partial charge is 0.475 e. The SMILES string of the molecule is COCCOc1cc(NCc2ccc(C)cc2)ncn1. The molecule has 106 valence electrons. The van der Waals surface area contributed by atoms with Crippen LogP contribution in [-0.4, -0.2) is 30.3 Å².